The number of nitrogens with zero attached hydrogens (tertiary/aromatic N) is 5. The lowest BCUT2D eigenvalue weighted by molar-refractivity contribution is -0.127. The van der Waals surface area contributed by atoms with Crippen LogP contribution in [0.25, 0.3) is 0 Å². The minimum atomic E-state index is 0.0198. The van der Waals surface area contributed by atoms with E-state index in [9.17, 15) is 4.79 Å². The van der Waals surface area contributed by atoms with Crippen molar-refractivity contribution < 1.29 is 9.53 Å². The van der Waals surface area contributed by atoms with Crippen LogP contribution >= 0.6 is 0 Å². The maximum absolute atomic E-state index is 12.1. The summed E-state index contributed by atoms with van der Waals surface area (Å²) in [6.45, 7) is 13.8. The number of morpholine rings is 1. The smallest absolute Gasteiger partial charge is 0.243 e. The Bertz CT molecular complexity index is 768. The number of guanidine groups is 1. The first-order valence-corrected chi connectivity index (χ1v) is 11.8. The zero-order valence-corrected chi connectivity index (χ0v) is 20.3. The summed E-state index contributed by atoms with van der Waals surface area (Å²) >= 11 is 0. The van der Waals surface area contributed by atoms with Gasteiger partial charge in [-0.05, 0) is 50.1 Å². The molecule has 2 fully saturated rings. The number of carbonyl (C=O) groups excluding carboxylic acids is 1. The van der Waals surface area contributed by atoms with E-state index in [0.29, 0.717) is 0 Å². The fourth-order valence-electron chi connectivity index (χ4n) is 3.98. The van der Waals surface area contributed by atoms with Gasteiger partial charge in [0.2, 0.25) is 5.91 Å². The van der Waals surface area contributed by atoms with Crippen molar-refractivity contribution in [3.05, 3.63) is 29.3 Å². The van der Waals surface area contributed by atoms with Crippen LogP contribution < -0.4 is 10.2 Å². The highest BCUT2D eigenvalue weighted by molar-refractivity contribution is 5.85. The Morgan fingerprint density at radius 3 is 2.44 bits per heavy atom. The van der Waals surface area contributed by atoms with Crippen molar-refractivity contribution in [2.75, 3.05) is 91.1 Å². The highest BCUT2D eigenvalue weighted by Gasteiger charge is 2.21. The molecular formula is C24H40N6O2. The lowest BCUT2D eigenvalue weighted by Gasteiger charge is -2.38. The summed E-state index contributed by atoms with van der Waals surface area (Å²) in [6, 6.07) is 6.69. The van der Waals surface area contributed by atoms with Crippen molar-refractivity contribution in [1.82, 2.24) is 20.0 Å². The normalized spacial score (nSPS) is 18.1. The summed E-state index contributed by atoms with van der Waals surface area (Å²) in [5.41, 5.74) is 3.94. The summed E-state index contributed by atoms with van der Waals surface area (Å²) in [5, 5.41) is 3.52. The molecule has 0 saturated carbocycles. The summed E-state index contributed by atoms with van der Waals surface area (Å²) in [6.07, 6.45) is 1.04. The summed E-state index contributed by atoms with van der Waals surface area (Å²) in [4.78, 5) is 25.5. The van der Waals surface area contributed by atoms with Crippen LogP contribution in [0, 0.1) is 13.8 Å². The lowest BCUT2D eigenvalue weighted by atomic mass is 10.1. The second-order valence-electron chi connectivity index (χ2n) is 8.91. The van der Waals surface area contributed by atoms with Crippen LogP contribution in [0.3, 0.4) is 0 Å². The molecule has 2 saturated heterocycles. The van der Waals surface area contributed by atoms with Gasteiger partial charge >= 0.3 is 0 Å². The van der Waals surface area contributed by atoms with Gasteiger partial charge in [0.15, 0.2) is 5.96 Å². The van der Waals surface area contributed by atoms with E-state index >= 15 is 0 Å². The van der Waals surface area contributed by atoms with Gasteiger partial charge in [-0.25, -0.2) is 4.99 Å². The molecule has 1 amide bonds. The van der Waals surface area contributed by atoms with Gasteiger partial charge in [-0.1, -0.05) is 6.07 Å². The van der Waals surface area contributed by atoms with Gasteiger partial charge in [-0.2, -0.15) is 0 Å². The Morgan fingerprint density at radius 2 is 1.78 bits per heavy atom. The molecule has 32 heavy (non-hydrogen) atoms. The summed E-state index contributed by atoms with van der Waals surface area (Å²) in [5.74, 6) is 0.869. The fraction of sp³-hybridized carbons (Fsp3) is 0.667. The third kappa shape index (κ3) is 7.10. The highest BCUT2D eigenvalue weighted by Crippen LogP contribution is 2.20. The van der Waals surface area contributed by atoms with Gasteiger partial charge in [-0.3, -0.25) is 9.69 Å². The number of rotatable bonds is 7. The molecule has 0 unspecified atom stereocenters. The van der Waals surface area contributed by atoms with E-state index in [1.807, 2.05) is 0 Å². The average molecular weight is 445 g/mol. The van der Waals surface area contributed by atoms with Crippen LogP contribution in [0.5, 0.6) is 0 Å². The van der Waals surface area contributed by atoms with Gasteiger partial charge in [0.1, 0.15) is 6.54 Å². The fourth-order valence-corrected chi connectivity index (χ4v) is 3.98. The van der Waals surface area contributed by atoms with Crippen LogP contribution in [-0.2, 0) is 9.53 Å². The van der Waals surface area contributed by atoms with Crippen LogP contribution in [0.1, 0.15) is 17.5 Å². The van der Waals surface area contributed by atoms with Gasteiger partial charge in [0.25, 0.3) is 0 Å². The van der Waals surface area contributed by atoms with E-state index in [0.717, 1.165) is 78.0 Å². The molecule has 0 aromatic heterocycles. The molecule has 0 radical (unpaired) electrons. The molecule has 1 aromatic carbocycles. The molecule has 0 spiro atoms. The number of aryl methyl sites for hydroxylation is 2. The van der Waals surface area contributed by atoms with E-state index < -0.39 is 0 Å². The molecule has 8 nitrogen and oxygen atoms in total. The number of ether oxygens (including phenoxy) is 1. The largest absolute Gasteiger partial charge is 0.379 e. The monoisotopic (exact) mass is 444 g/mol. The molecule has 0 bridgehead atoms. The van der Waals surface area contributed by atoms with Crippen LogP contribution in [0.2, 0.25) is 0 Å². The first-order chi connectivity index (χ1) is 15.4. The first kappa shape index (κ1) is 24.3. The van der Waals surface area contributed by atoms with Gasteiger partial charge < -0.3 is 24.8 Å². The molecule has 178 valence electrons. The van der Waals surface area contributed by atoms with Gasteiger partial charge in [0.05, 0.1) is 13.2 Å². The maximum Gasteiger partial charge on any atom is 0.243 e. The SMILES string of the molecule is Cc1ccc(N2CCN(C(=NCC(=O)N(C)C)NCCCN3CCOCC3)CC2)cc1C. The minimum absolute atomic E-state index is 0.0198. The Labute approximate surface area is 193 Å². The number of amides is 1. The zero-order valence-electron chi connectivity index (χ0n) is 20.3. The topological polar surface area (TPSA) is 63.7 Å². The standard InChI is InChI=1S/C24H40N6O2/c1-20-6-7-22(18-21(20)2)29-10-12-30(13-11-29)24(26-19-23(31)27(3)4)25-8-5-9-28-14-16-32-17-15-28/h6-7,18H,5,8-17,19H2,1-4H3,(H,25,26). The Morgan fingerprint density at radius 1 is 1.06 bits per heavy atom. The number of anilines is 1. The van der Waals surface area contributed by atoms with Crippen molar-refractivity contribution in [3.8, 4) is 0 Å². The Kier molecular flexibility index (Phi) is 9.17. The number of benzene rings is 1. The summed E-state index contributed by atoms with van der Waals surface area (Å²) < 4.78 is 5.43. The Hall–Kier alpha value is -2.32. The molecule has 1 aromatic rings. The molecule has 2 aliphatic rings. The molecule has 3 rings (SSSR count). The van der Waals surface area contributed by atoms with E-state index in [1.54, 1.807) is 19.0 Å². The molecule has 2 heterocycles. The maximum atomic E-state index is 12.1. The van der Waals surface area contributed by atoms with Crippen molar-refractivity contribution in [2.24, 2.45) is 4.99 Å². The first-order valence-electron chi connectivity index (χ1n) is 11.8. The third-order valence-corrected chi connectivity index (χ3v) is 6.34. The van der Waals surface area contributed by atoms with Crippen molar-refractivity contribution in [2.45, 2.75) is 20.3 Å². The number of carbonyl (C=O) groups is 1. The number of piperazine rings is 1. The van der Waals surface area contributed by atoms with Gasteiger partial charge in [-0.15, -0.1) is 0 Å². The molecule has 1 N–H and O–H groups in total. The van der Waals surface area contributed by atoms with E-state index in [2.05, 4.69) is 57.1 Å². The molecule has 0 atom stereocenters. The molecule has 0 aliphatic carbocycles. The predicted molar refractivity (Wildman–Crippen MR) is 131 cm³/mol. The van der Waals surface area contributed by atoms with E-state index in [4.69, 9.17) is 4.74 Å². The van der Waals surface area contributed by atoms with Crippen LogP contribution in [-0.4, -0.2) is 113 Å². The van der Waals surface area contributed by atoms with Crippen LogP contribution in [0.15, 0.2) is 23.2 Å². The minimum Gasteiger partial charge on any atom is -0.379 e. The number of nitrogens with one attached hydrogen (secondary N) is 1. The summed E-state index contributed by atoms with van der Waals surface area (Å²) in [7, 11) is 3.55. The van der Waals surface area contributed by atoms with Crippen molar-refractivity contribution >= 4 is 17.6 Å². The molecule has 8 heteroatoms. The zero-order chi connectivity index (χ0) is 22.9. The number of hydrogen-bond acceptors (Lipinski definition) is 5. The quantitative estimate of drug-likeness (QED) is 0.387. The number of aliphatic imine (C=N–C) groups is 1. The third-order valence-electron chi connectivity index (χ3n) is 6.34. The molecule has 2 aliphatic heterocycles. The second kappa shape index (κ2) is 12.1. The molecular weight excluding hydrogens is 404 g/mol. The average Bonchev–Trinajstić information content (AvgIpc) is 2.81. The number of hydrogen-bond donors (Lipinski definition) is 1. The van der Waals surface area contributed by atoms with Crippen LogP contribution in [0.4, 0.5) is 5.69 Å². The Balaban J connectivity index is 1.54. The lowest BCUT2D eigenvalue weighted by Crippen LogP contribution is -2.53. The van der Waals surface area contributed by atoms with Crippen molar-refractivity contribution in [3.63, 3.8) is 0 Å². The number of likely N-dealkylation sites (N-methyl/N-ethyl adjacent to an activating group) is 1. The van der Waals surface area contributed by atoms with E-state index in [1.165, 1.54) is 16.8 Å². The van der Waals surface area contributed by atoms with E-state index in [-0.39, 0.29) is 12.5 Å². The van der Waals surface area contributed by atoms with Gasteiger partial charge in [0, 0.05) is 65.6 Å². The highest BCUT2D eigenvalue weighted by atomic mass is 16.5. The predicted octanol–water partition coefficient (Wildman–Crippen LogP) is 1.18. The van der Waals surface area contributed by atoms with Crippen molar-refractivity contribution in [1.29, 1.82) is 0 Å². The second-order valence-corrected chi connectivity index (χ2v) is 8.91.